The summed E-state index contributed by atoms with van der Waals surface area (Å²) in [6.07, 6.45) is 21.1. The normalized spacial score (nSPS) is 15.1. The summed E-state index contributed by atoms with van der Waals surface area (Å²) in [6.45, 7) is 5.82. The molecule has 21 heteroatoms. The van der Waals surface area contributed by atoms with E-state index >= 15 is 0 Å². The molecule has 3 amide bonds. The molecule has 0 fully saturated rings. The van der Waals surface area contributed by atoms with E-state index in [0.717, 1.165) is 79.3 Å². The molecule has 456 valence electrons. The number of nitrogens with one attached hydrogen (secondary N) is 3. The van der Waals surface area contributed by atoms with E-state index in [2.05, 4.69) is 30.9 Å². The molecule has 0 aliphatic carbocycles. The van der Waals surface area contributed by atoms with Gasteiger partial charge in [0.05, 0.1) is 49.3 Å². The molecule has 3 aromatic carbocycles. The summed E-state index contributed by atoms with van der Waals surface area (Å²) in [6, 6.07) is 34.1. The maximum absolute atomic E-state index is 12.1. The van der Waals surface area contributed by atoms with Crippen molar-refractivity contribution in [3.63, 3.8) is 0 Å². The lowest BCUT2D eigenvalue weighted by molar-refractivity contribution is -0.117. The highest BCUT2D eigenvalue weighted by Gasteiger charge is 2.30. The molecule has 9 aromatic rings. The summed E-state index contributed by atoms with van der Waals surface area (Å²) < 4.78 is 17.9. The molecule has 3 aliphatic heterocycles. The van der Waals surface area contributed by atoms with Gasteiger partial charge in [-0.3, -0.25) is 43.7 Å². The summed E-state index contributed by atoms with van der Waals surface area (Å²) in [4.78, 5) is 88.1. The van der Waals surface area contributed by atoms with Crippen LogP contribution in [0.4, 0.5) is 0 Å². The summed E-state index contributed by atoms with van der Waals surface area (Å²) >= 11 is 23.7. The number of Topliss-reactive ketones (excluding diaryl/α,β-unsaturated/α-hetero) is 3. The molecule has 0 spiro atoms. The lowest BCUT2D eigenvalue weighted by atomic mass is 10.1. The first kappa shape index (κ1) is 64.1. The molecule has 0 saturated heterocycles. The fraction of sp³-hybridized carbons (Fsp3) is 0.174. The summed E-state index contributed by atoms with van der Waals surface area (Å²) in [5.41, 5.74) is 8.46. The number of amides is 3. The lowest BCUT2D eigenvalue weighted by Gasteiger charge is -2.11. The van der Waals surface area contributed by atoms with Gasteiger partial charge in [-0.1, -0.05) is 53.0 Å². The minimum atomic E-state index is -0.194. The summed E-state index contributed by atoms with van der Waals surface area (Å²) in [7, 11) is 0. The molecule has 3 N–H and O–H groups in total. The van der Waals surface area contributed by atoms with Gasteiger partial charge >= 0.3 is 0 Å². The molecule has 12 rings (SSSR count). The number of pyridine rings is 3. The van der Waals surface area contributed by atoms with Crippen molar-refractivity contribution in [3.05, 3.63) is 228 Å². The van der Waals surface area contributed by atoms with Gasteiger partial charge in [0.2, 0.25) is 17.7 Å². The van der Waals surface area contributed by atoms with E-state index in [1.165, 1.54) is 52.2 Å². The van der Waals surface area contributed by atoms with Crippen LogP contribution in [-0.2, 0) is 33.6 Å². The van der Waals surface area contributed by atoms with Gasteiger partial charge in [-0.05, 0) is 163 Å². The zero-order valence-corrected chi connectivity index (χ0v) is 53.4. The van der Waals surface area contributed by atoms with Crippen LogP contribution < -0.4 is 30.2 Å². The zero-order chi connectivity index (χ0) is 63.3. The molecular weight excluding hydrogens is 1260 g/mol. The van der Waals surface area contributed by atoms with Crippen LogP contribution in [0.1, 0.15) is 83.2 Å². The van der Waals surface area contributed by atoms with Gasteiger partial charge in [0.15, 0.2) is 17.3 Å². The molecular formula is C69H57Cl3N6O9S3. The Morgan fingerprint density at radius 1 is 0.444 bits per heavy atom. The number of ether oxygens (including phenoxy) is 3. The summed E-state index contributed by atoms with van der Waals surface area (Å²) in [5.74, 6) is 1.55. The number of aromatic nitrogens is 3. The van der Waals surface area contributed by atoms with Gasteiger partial charge in [-0.25, -0.2) is 0 Å². The van der Waals surface area contributed by atoms with Gasteiger partial charge in [0, 0.05) is 106 Å². The van der Waals surface area contributed by atoms with Crippen LogP contribution in [0.3, 0.4) is 0 Å². The van der Waals surface area contributed by atoms with Gasteiger partial charge in [-0.15, -0.1) is 34.0 Å². The van der Waals surface area contributed by atoms with Crippen LogP contribution in [0.5, 0.6) is 17.2 Å². The Hall–Kier alpha value is -8.88. The number of carbonyl (C=O) groups excluding carboxylic acids is 6. The van der Waals surface area contributed by atoms with Crippen LogP contribution in [0.25, 0.3) is 49.5 Å². The van der Waals surface area contributed by atoms with Crippen LogP contribution >= 0.6 is 68.8 Å². The van der Waals surface area contributed by atoms with Gasteiger partial charge in [0.25, 0.3) is 0 Å². The monoisotopic (exact) mass is 1310 g/mol. The third-order valence-corrected chi connectivity index (χ3v) is 18.7. The van der Waals surface area contributed by atoms with E-state index < -0.39 is 0 Å². The van der Waals surface area contributed by atoms with E-state index in [4.69, 9.17) is 49.0 Å². The van der Waals surface area contributed by atoms with Crippen LogP contribution in [0, 0.1) is 0 Å². The van der Waals surface area contributed by atoms with Gasteiger partial charge < -0.3 is 30.2 Å². The highest BCUT2D eigenvalue weighted by Crippen LogP contribution is 2.44. The molecule has 3 atom stereocenters. The predicted octanol–water partition coefficient (Wildman–Crippen LogP) is 14.4. The van der Waals surface area contributed by atoms with Gasteiger partial charge in [-0.2, -0.15) is 0 Å². The minimum Gasteiger partial charge on any atom is -0.486 e. The number of hydrogen-bond donors (Lipinski definition) is 3. The Morgan fingerprint density at radius 2 is 0.733 bits per heavy atom. The first-order valence-corrected chi connectivity index (χ1v) is 31.9. The zero-order valence-electron chi connectivity index (χ0n) is 48.7. The quantitative estimate of drug-likeness (QED) is 0.0542. The SMILES string of the molecule is CC(=O)c1ccc(-c2cc(Cl)c3c(c2)CC(CNC(=O)/C=C/c2cccnc2)O3)s1.CC(=O)c1ccc(-c2cc(Cl)c3c(c2)CC(CNC(=O)/C=C/c2cccnc2)O3)s1.CC(=O)c1ccc(-c2cc(Cl)c3c(c2)CC(CNC(=O)/C=C/c2cccnc2)O3)s1. The number of ketones is 3. The Bertz CT molecular complexity index is 3800. The molecule has 0 radical (unpaired) electrons. The second-order valence-electron chi connectivity index (χ2n) is 20.9. The molecule has 3 unspecified atom stereocenters. The number of fused-ring (bicyclic) bond motifs is 3. The average Bonchev–Trinajstić information content (AvgIpc) is 2.66. The second-order valence-corrected chi connectivity index (χ2v) is 25.4. The summed E-state index contributed by atoms with van der Waals surface area (Å²) in [5, 5.41) is 10.2. The number of hydrogen-bond acceptors (Lipinski definition) is 15. The average molecular weight is 1320 g/mol. The van der Waals surface area contributed by atoms with Crippen LogP contribution in [-0.4, -0.2) is 88.0 Å². The van der Waals surface area contributed by atoms with Crippen molar-refractivity contribution in [1.82, 2.24) is 30.9 Å². The standard InChI is InChI=1S/3C23H19ClN2O3S/c3*1-14(27)20-5-6-21(30-20)16-9-17-10-18(29-23(17)19(24)11-16)13-26-22(28)7-4-15-3-2-8-25-12-15/h3*2-9,11-12,18H,10,13H2,1H3,(H,26,28)/b3*7-4+. The third-order valence-electron chi connectivity index (χ3n) is 14.1. The van der Waals surface area contributed by atoms with Crippen molar-refractivity contribution in [2.75, 3.05) is 19.6 Å². The fourth-order valence-corrected chi connectivity index (χ4v) is 13.3. The first-order chi connectivity index (χ1) is 43.5. The maximum Gasteiger partial charge on any atom is 0.244 e. The Labute approximate surface area is 546 Å². The molecule has 3 aliphatic rings. The molecule has 0 saturated carbocycles. The number of nitrogens with zero attached hydrogens (tertiary/aromatic N) is 3. The molecule has 6 aromatic heterocycles. The number of halogens is 3. The predicted molar refractivity (Wildman–Crippen MR) is 358 cm³/mol. The van der Waals surface area contributed by atoms with E-state index in [-0.39, 0.29) is 53.4 Å². The van der Waals surface area contributed by atoms with Crippen LogP contribution in [0.2, 0.25) is 15.1 Å². The minimum absolute atomic E-state index is 0.0511. The highest BCUT2D eigenvalue weighted by molar-refractivity contribution is 7.18. The van der Waals surface area contributed by atoms with E-state index in [1.807, 2.05) is 109 Å². The van der Waals surface area contributed by atoms with E-state index in [9.17, 15) is 28.8 Å². The number of thiophene rings is 3. The molecule has 15 nitrogen and oxygen atoms in total. The Balaban J connectivity index is 0.000000148. The van der Waals surface area contributed by atoms with Crippen molar-refractivity contribution < 1.29 is 43.0 Å². The Kier molecular flexibility index (Phi) is 21.4. The molecule has 90 heavy (non-hydrogen) atoms. The number of rotatable bonds is 18. The van der Waals surface area contributed by atoms with Gasteiger partial charge in [0.1, 0.15) is 35.6 Å². The Morgan fingerprint density at radius 3 is 0.978 bits per heavy atom. The third kappa shape index (κ3) is 17.1. The van der Waals surface area contributed by atoms with Crippen molar-refractivity contribution in [2.24, 2.45) is 0 Å². The molecule has 0 bridgehead atoms. The van der Waals surface area contributed by atoms with E-state index in [0.29, 0.717) is 71.2 Å². The highest BCUT2D eigenvalue weighted by atomic mass is 35.5. The topological polar surface area (TPSA) is 205 Å². The molecule has 9 heterocycles. The number of carbonyl (C=O) groups is 6. The van der Waals surface area contributed by atoms with Crippen molar-refractivity contribution in [3.8, 4) is 48.6 Å². The maximum atomic E-state index is 12.1. The van der Waals surface area contributed by atoms with E-state index in [1.54, 1.807) is 76.2 Å². The second kappa shape index (κ2) is 30.1. The van der Waals surface area contributed by atoms with Crippen molar-refractivity contribution in [2.45, 2.75) is 58.3 Å². The smallest absolute Gasteiger partial charge is 0.244 e. The fourth-order valence-electron chi connectivity index (χ4n) is 9.74. The van der Waals surface area contributed by atoms with Crippen molar-refractivity contribution >= 4 is 122 Å². The van der Waals surface area contributed by atoms with Crippen molar-refractivity contribution in [1.29, 1.82) is 0 Å². The largest absolute Gasteiger partial charge is 0.486 e. The van der Waals surface area contributed by atoms with Crippen LogP contribution in [0.15, 0.2) is 165 Å². The first-order valence-electron chi connectivity index (χ1n) is 28.4. The number of benzene rings is 3. The lowest BCUT2D eigenvalue weighted by Crippen LogP contribution is -2.33.